The highest BCUT2D eigenvalue weighted by Gasteiger charge is 2.08. The minimum atomic E-state index is 0.110. The Morgan fingerprint density at radius 1 is 0.952 bits per heavy atom. The van der Waals surface area contributed by atoms with Crippen LogP contribution in [0.4, 0.5) is 0 Å². The molecule has 2 heteroatoms. The van der Waals surface area contributed by atoms with E-state index >= 15 is 0 Å². The van der Waals surface area contributed by atoms with E-state index in [1.807, 2.05) is 43.3 Å². The van der Waals surface area contributed by atoms with E-state index in [0.29, 0.717) is 0 Å². The third-order valence-electron chi connectivity index (χ3n) is 3.49. The Kier molecular flexibility index (Phi) is 6.06. The van der Waals surface area contributed by atoms with Gasteiger partial charge in [0, 0.05) is 10.5 Å². The second-order valence-corrected chi connectivity index (χ2v) is 6.40. The molecule has 2 rings (SSSR count). The van der Waals surface area contributed by atoms with Crippen LogP contribution in [0.5, 0.6) is 0 Å². The van der Waals surface area contributed by atoms with E-state index in [0.717, 1.165) is 16.9 Å². The van der Waals surface area contributed by atoms with Gasteiger partial charge in [-0.2, -0.15) is 0 Å². The minimum absolute atomic E-state index is 0.110. The van der Waals surface area contributed by atoms with Crippen molar-refractivity contribution in [1.29, 1.82) is 0 Å². The maximum absolute atomic E-state index is 12.2. The smallest absolute Gasteiger partial charge is 0.224 e. The molecule has 0 radical (unpaired) electrons. The molecule has 0 unspecified atom stereocenters. The molecule has 0 aromatic heterocycles. The summed E-state index contributed by atoms with van der Waals surface area (Å²) in [5, 5.41) is 0.110. The van der Waals surface area contributed by atoms with Crippen molar-refractivity contribution in [3.63, 3.8) is 0 Å². The first-order chi connectivity index (χ1) is 10.2. The van der Waals surface area contributed by atoms with Crippen LogP contribution in [0.2, 0.25) is 0 Å². The van der Waals surface area contributed by atoms with Crippen molar-refractivity contribution in [1.82, 2.24) is 0 Å². The molecule has 0 atom stereocenters. The first kappa shape index (κ1) is 15.8. The van der Waals surface area contributed by atoms with E-state index in [2.05, 4.69) is 19.1 Å². The molecular weight excluding hydrogens is 276 g/mol. The molecule has 0 amide bonds. The van der Waals surface area contributed by atoms with Crippen molar-refractivity contribution in [2.45, 2.75) is 44.4 Å². The lowest BCUT2D eigenvalue weighted by atomic mass is 10.1. The fourth-order valence-electron chi connectivity index (χ4n) is 2.16. The maximum Gasteiger partial charge on any atom is 0.224 e. The lowest BCUT2D eigenvalue weighted by Crippen LogP contribution is -1.94. The van der Waals surface area contributed by atoms with Crippen LogP contribution >= 0.6 is 11.8 Å². The van der Waals surface area contributed by atoms with Crippen molar-refractivity contribution >= 4 is 16.9 Å². The second kappa shape index (κ2) is 8.04. The van der Waals surface area contributed by atoms with Crippen LogP contribution in [-0.4, -0.2) is 5.12 Å². The fourth-order valence-corrected chi connectivity index (χ4v) is 2.90. The number of unbranched alkanes of at least 4 members (excludes halogenated alkanes) is 2. The van der Waals surface area contributed by atoms with Crippen molar-refractivity contribution in [2.24, 2.45) is 0 Å². The van der Waals surface area contributed by atoms with Gasteiger partial charge in [-0.25, -0.2) is 0 Å². The molecule has 0 saturated heterocycles. The molecule has 0 aliphatic carbocycles. The van der Waals surface area contributed by atoms with Crippen molar-refractivity contribution in [3.8, 4) is 0 Å². The van der Waals surface area contributed by atoms with Crippen LogP contribution in [0.15, 0.2) is 53.4 Å². The Labute approximate surface area is 131 Å². The van der Waals surface area contributed by atoms with Gasteiger partial charge in [0.05, 0.1) is 0 Å². The average Bonchev–Trinajstić information content (AvgIpc) is 2.50. The number of aryl methyl sites for hydroxylation is 2. The molecular formula is C19H22OS. The second-order valence-electron chi connectivity index (χ2n) is 5.36. The molecule has 0 heterocycles. The van der Waals surface area contributed by atoms with Gasteiger partial charge >= 0.3 is 0 Å². The lowest BCUT2D eigenvalue weighted by molar-refractivity contribution is 0.108. The quantitative estimate of drug-likeness (QED) is 0.505. The van der Waals surface area contributed by atoms with Crippen LogP contribution in [0.1, 0.15) is 47.7 Å². The zero-order valence-corrected chi connectivity index (χ0v) is 13.6. The lowest BCUT2D eigenvalue weighted by Gasteiger charge is -2.04. The highest BCUT2D eigenvalue weighted by atomic mass is 32.2. The summed E-state index contributed by atoms with van der Waals surface area (Å²) in [4.78, 5) is 13.2. The third kappa shape index (κ3) is 5.05. The molecule has 0 saturated carbocycles. The molecule has 0 fully saturated rings. The summed E-state index contributed by atoms with van der Waals surface area (Å²) in [6.45, 7) is 4.26. The van der Waals surface area contributed by atoms with Gasteiger partial charge in [-0.15, -0.1) is 0 Å². The van der Waals surface area contributed by atoms with Crippen LogP contribution in [-0.2, 0) is 6.42 Å². The standard InChI is InChI=1S/C19H22OS/c1-3-4-5-6-16-9-11-17(12-10-16)19(20)21-18-13-7-15(2)8-14-18/h7-14H,3-6H2,1-2H3. The van der Waals surface area contributed by atoms with Crippen LogP contribution in [0.25, 0.3) is 0 Å². The summed E-state index contributed by atoms with van der Waals surface area (Å²) in [6, 6.07) is 16.1. The molecule has 1 nitrogen and oxygen atoms in total. The van der Waals surface area contributed by atoms with E-state index in [1.165, 1.54) is 42.2 Å². The van der Waals surface area contributed by atoms with Crippen LogP contribution in [0, 0.1) is 6.92 Å². The minimum Gasteiger partial charge on any atom is -0.281 e. The van der Waals surface area contributed by atoms with E-state index in [-0.39, 0.29) is 5.12 Å². The highest BCUT2D eigenvalue weighted by Crippen LogP contribution is 2.23. The fraction of sp³-hybridized carbons (Fsp3) is 0.316. The predicted molar refractivity (Wildman–Crippen MR) is 91.0 cm³/mol. The summed E-state index contributed by atoms with van der Waals surface area (Å²) in [6.07, 6.45) is 4.84. The van der Waals surface area contributed by atoms with Crippen molar-refractivity contribution < 1.29 is 4.79 Å². The number of hydrogen-bond acceptors (Lipinski definition) is 2. The summed E-state index contributed by atoms with van der Waals surface area (Å²) >= 11 is 1.29. The van der Waals surface area contributed by atoms with E-state index in [9.17, 15) is 4.79 Å². The van der Waals surface area contributed by atoms with Gasteiger partial charge < -0.3 is 0 Å². The van der Waals surface area contributed by atoms with Crippen molar-refractivity contribution in [3.05, 3.63) is 65.2 Å². The van der Waals surface area contributed by atoms with E-state index in [4.69, 9.17) is 0 Å². The van der Waals surface area contributed by atoms with E-state index in [1.54, 1.807) is 0 Å². The number of carbonyl (C=O) groups is 1. The molecule has 0 N–H and O–H groups in total. The van der Waals surface area contributed by atoms with Gasteiger partial charge in [-0.05, 0) is 49.2 Å². The van der Waals surface area contributed by atoms with E-state index < -0.39 is 0 Å². The predicted octanol–water partition coefficient (Wildman–Crippen LogP) is 5.66. The normalized spacial score (nSPS) is 10.6. The molecule has 0 spiro atoms. The first-order valence-corrected chi connectivity index (χ1v) is 8.38. The van der Waals surface area contributed by atoms with Crippen molar-refractivity contribution in [2.75, 3.05) is 0 Å². The molecule has 21 heavy (non-hydrogen) atoms. The Morgan fingerprint density at radius 3 is 2.24 bits per heavy atom. The monoisotopic (exact) mass is 298 g/mol. The van der Waals surface area contributed by atoms with Gasteiger partial charge in [0.2, 0.25) is 5.12 Å². The Hall–Kier alpha value is -1.54. The largest absolute Gasteiger partial charge is 0.281 e. The zero-order chi connectivity index (χ0) is 15.1. The molecule has 0 bridgehead atoms. The summed E-state index contributed by atoms with van der Waals surface area (Å²) < 4.78 is 0. The first-order valence-electron chi connectivity index (χ1n) is 7.57. The maximum atomic E-state index is 12.2. The summed E-state index contributed by atoms with van der Waals surface area (Å²) in [5.74, 6) is 0. The number of hydrogen-bond donors (Lipinski definition) is 0. The van der Waals surface area contributed by atoms with Crippen LogP contribution in [0.3, 0.4) is 0 Å². The number of benzene rings is 2. The van der Waals surface area contributed by atoms with Crippen LogP contribution < -0.4 is 0 Å². The molecule has 0 aliphatic heterocycles. The van der Waals surface area contributed by atoms with Gasteiger partial charge in [-0.1, -0.05) is 61.7 Å². The Morgan fingerprint density at radius 2 is 1.62 bits per heavy atom. The number of rotatable bonds is 6. The molecule has 2 aromatic carbocycles. The highest BCUT2D eigenvalue weighted by molar-refractivity contribution is 8.14. The zero-order valence-electron chi connectivity index (χ0n) is 12.8. The van der Waals surface area contributed by atoms with Gasteiger partial charge in [0.15, 0.2) is 0 Å². The topological polar surface area (TPSA) is 17.1 Å². The van der Waals surface area contributed by atoms with Gasteiger partial charge in [-0.3, -0.25) is 4.79 Å². The van der Waals surface area contributed by atoms with Gasteiger partial charge in [0.1, 0.15) is 0 Å². The summed E-state index contributed by atoms with van der Waals surface area (Å²) in [7, 11) is 0. The molecule has 2 aromatic rings. The third-order valence-corrected chi connectivity index (χ3v) is 4.42. The molecule has 110 valence electrons. The number of carbonyl (C=O) groups excluding carboxylic acids is 1. The molecule has 0 aliphatic rings. The summed E-state index contributed by atoms with van der Waals surface area (Å²) in [5.41, 5.74) is 3.31. The van der Waals surface area contributed by atoms with Gasteiger partial charge in [0.25, 0.3) is 0 Å². The Bertz CT molecular complexity index is 570. The number of thioether (sulfide) groups is 1. The average molecular weight is 298 g/mol. The Balaban J connectivity index is 1.94. The SMILES string of the molecule is CCCCCc1ccc(C(=O)Sc2ccc(C)cc2)cc1.